The predicted octanol–water partition coefficient (Wildman–Crippen LogP) is 0.692. The Balaban J connectivity index is 2.32. The molecule has 1 heterocycles. The van der Waals surface area contributed by atoms with Gasteiger partial charge in [0.15, 0.2) is 0 Å². The maximum absolute atomic E-state index is 11.1. The van der Waals surface area contributed by atoms with Crippen LogP contribution < -0.4 is 10.6 Å². The van der Waals surface area contributed by atoms with Crippen molar-refractivity contribution in [2.24, 2.45) is 0 Å². The Labute approximate surface area is 108 Å². The van der Waals surface area contributed by atoms with E-state index in [1.54, 1.807) is 11.7 Å². The Kier molecular flexibility index (Phi) is 5.27. The fraction of sp³-hybridized carbons (Fsp3) is 0.750. The second-order valence-corrected chi connectivity index (χ2v) is 5.35. The summed E-state index contributed by atoms with van der Waals surface area (Å²) in [5.41, 5.74) is 0.994. The van der Waals surface area contributed by atoms with Crippen molar-refractivity contribution in [1.29, 1.82) is 0 Å². The van der Waals surface area contributed by atoms with Crippen molar-refractivity contribution in [3.63, 3.8) is 0 Å². The highest BCUT2D eigenvalue weighted by Gasteiger charge is 2.10. The first kappa shape index (κ1) is 14.6. The maximum atomic E-state index is 11.1. The maximum Gasteiger partial charge on any atom is 0.219 e. The average Bonchev–Trinajstić information content (AvgIpc) is 2.73. The van der Waals surface area contributed by atoms with Gasteiger partial charge in [-0.25, -0.2) is 0 Å². The van der Waals surface area contributed by atoms with Gasteiger partial charge in [-0.3, -0.25) is 9.48 Å². The zero-order chi connectivity index (χ0) is 13.6. The topological polar surface area (TPSA) is 71.8 Å². The molecule has 0 aliphatic heterocycles. The summed E-state index contributed by atoms with van der Waals surface area (Å²) in [5.74, 6) is 0.0599. The van der Waals surface area contributed by atoms with Crippen LogP contribution in [0.4, 0.5) is 0 Å². The normalized spacial score (nSPS) is 11.6. The van der Waals surface area contributed by atoms with Gasteiger partial charge in [0.05, 0.1) is 5.69 Å². The van der Waals surface area contributed by atoms with Gasteiger partial charge in [0.1, 0.15) is 0 Å². The molecule has 0 aliphatic carbocycles. The molecule has 1 amide bonds. The van der Waals surface area contributed by atoms with E-state index < -0.39 is 0 Å². The van der Waals surface area contributed by atoms with E-state index >= 15 is 0 Å². The Morgan fingerprint density at radius 3 is 2.78 bits per heavy atom. The van der Waals surface area contributed by atoms with Crippen LogP contribution in [0.1, 0.15) is 39.3 Å². The summed E-state index contributed by atoms with van der Waals surface area (Å²) in [7, 11) is 1.65. The van der Waals surface area contributed by atoms with E-state index in [0.717, 1.165) is 18.7 Å². The molecular weight excluding hydrogens is 230 g/mol. The molecule has 0 bridgehead atoms. The van der Waals surface area contributed by atoms with Crippen molar-refractivity contribution in [3.05, 3.63) is 11.9 Å². The average molecular weight is 253 g/mol. The molecule has 0 radical (unpaired) electrons. The van der Waals surface area contributed by atoms with Crippen LogP contribution in [0, 0.1) is 0 Å². The first-order valence-electron chi connectivity index (χ1n) is 6.25. The molecule has 1 aromatic heterocycles. The zero-order valence-electron chi connectivity index (χ0n) is 11.7. The van der Waals surface area contributed by atoms with E-state index in [1.807, 2.05) is 6.20 Å². The lowest BCUT2D eigenvalue weighted by Gasteiger charge is -2.19. The van der Waals surface area contributed by atoms with Crippen LogP contribution in [0.3, 0.4) is 0 Å². The number of hydrogen-bond acceptors (Lipinski definition) is 4. The highest BCUT2D eigenvalue weighted by atomic mass is 16.1. The molecule has 6 nitrogen and oxygen atoms in total. The number of hydrogen-bond donors (Lipinski definition) is 2. The molecule has 2 N–H and O–H groups in total. The van der Waals surface area contributed by atoms with Gasteiger partial charge in [-0.05, 0) is 27.2 Å². The van der Waals surface area contributed by atoms with Crippen LogP contribution in [0.25, 0.3) is 0 Å². The third-order valence-electron chi connectivity index (χ3n) is 2.46. The number of nitrogens with one attached hydrogen (secondary N) is 2. The highest BCUT2D eigenvalue weighted by molar-refractivity contribution is 5.75. The SMILES string of the molecule is CNC(=O)CCCn1cc(CNC(C)(C)C)nn1. The summed E-state index contributed by atoms with van der Waals surface area (Å²) in [5, 5.41) is 14.1. The van der Waals surface area contributed by atoms with Gasteiger partial charge in [0.2, 0.25) is 5.91 Å². The van der Waals surface area contributed by atoms with Crippen molar-refractivity contribution < 1.29 is 4.79 Å². The fourth-order valence-corrected chi connectivity index (χ4v) is 1.41. The molecule has 18 heavy (non-hydrogen) atoms. The van der Waals surface area contributed by atoms with Gasteiger partial charge in [-0.1, -0.05) is 5.21 Å². The molecular formula is C12H23N5O. The van der Waals surface area contributed by atoms with Crippen molar-refractivity contribution in [2.45, 2.75) is 52.2 Å². The summed E-state index contributed by atoms with van der Waals surface area (Å²) in [6.07, 6.45) is 3.21. The number of amides is 1. The lowest BCUT2D eigenvalue weighted by atomic mass is 10.1. The molecule has 0 saturated carbocycles. The number of carbonyl (C=O) groups is 1. The first-order chi connectivity index (χ1) is 8.40. The number of carbonyl (C=O) groups excluding carboxylic acids is 1. The molecule has 0 aliphatic rings. The molecule has 0 spiro atoms. The van der Waals surface area contributed by atoms with Gasteiger partial charge in [-0.2, -0.15) is 0 Å². The van der Waals surface area contributed by atoms with Crippen molar-refractivity contribution in [1.82, 2.24) is 25.6 Å². The zero-order valence-corrected chi connectivity index (χ0v) is 11.7. The predicted molar refractivity (Wildman–Crippen MR) is 69.9 cm³/mol. The summed E-state index contributed by atoms with van der Waals surface area (Å²) in [4.78, 5) is 11.1. The van der Waals surface area contributed by atoms with Crippen molar-refractivity contribution in [3.8, 4) is 0 Å². The number of aromatic nitrogens is 3. The summed E-state index contributed by atoms with van der Waals surface area (Å²) in [6, 6.07) is 0. The standard InChI is InChI=1S/C12H23N5O/c1-12(2,3)14-8-10-9-17(16-15-10)7-5-6-11(18)13-4/h9,14H,5-8H2,1-4H3,(H,13,18). The van der Waals surface area contributed by atoms with Crippen LogP contribution in [-0.4, -0.2) is 33.5 Å². The summed E-state index contributed by atoms with van der Waals surface area (Å²) in [6.45, 7) is 7.76. The summed E-state index contributed by atoms with van der Waals surface area (Å²) < 4.78 is 1.78. The molecule has 0 saturated heterocycles. The molecule has 1 rings (SSSR count). The first-order valence-corrected chi connectivity index (χ1v) is 6.25. The highest BCUT2D eigenvalue weighted by Crippen LogP contribution is 2.02. The second-order valence-electron chi connectivity index (χ2n) is 5.35. The van der Waals surface area contributed by atoms with Gasteiger partial charge in [0, 0.05) is 38.3 Å². The van der Waals surface area contributed by atoms with Crippen LogP contribution in [0.15, 0.2) is 6.20 Å². The molecule has 1 aromatic rings. The molecule has 0 atom stereocenters. The van der Waals surface area contributed by atoms with E-state index in [9.17, 15) is 4.79 Å². The minimum atomic E-state index is 0.0599. The second kappa shape index (κ2) is 6.49. The summed E-state index contributed by atoms with van der Waals surface area (Å²) >= 11 is 0. The largest absolute Gasteiger partial charge is 0.359 e. The van der Waals surface area contributed by atoms with Crippen molar-refractivity contribution in [2.75, 3.05) is 7.05 Å². The number of nitrogens with zero attached hydrogens (tertiary/aromatic N) is 3. The third-order valence-corrected chi connectivity index (χ3v) is 2.46. The third kappa shape index (κ3) is 5.77. The van der Waals surface area contributed by atoms with Crippen LogP contribution in [-0.2, 0) is 17.9 Å². The van der Waals surface area contributed by atoms with Crippen molar-refractivity contribution >= 4 is 5.91 Å². The quantitative estimate of drug-likeness (QED) is 0.782. The van der Waals surface area contributed by atoms with Gasteiger partial charge >= 0.3 is 0 Å². The van der Waals surface area contributed by atoms with E-state index in [2.05, 4.69) is 41.7 Å². The molecule has 0 fully saturated rings. The minimum Gasteiger partial charge on any atom is -0.359 e. The molecule has 0 aromatic carbocycles. The molecule has 102 valence electrons. The van der Waals surface area contributed by atoms with E-state index in [1.165, 1.54) is 0 Å². The van der Waals surface area contributed by atoms with E-state index in [-0.39, 0.29) is 11.4 Å². The van der Waals surface area contributed by atoms with Crippen LogP contribution >= 0.6 is 0 Å². The Morgan fingerprint density at radius 2 is 2.17 bits per heavy atom. The van der Waals surface area contributed by atoms with E-state index in [0.29, 0.717) is 13.0 Å². The number of aryl methyl sites for hydroxylation is 1. The number of rotatable bonds is 6. The lowest BCUT2D eigenvalue weighted by Crippen LogP contribution is -2.35. The van der Waals surface area contributed by atoms with E-state index in [4.69, 9.17) is 0 Å². The smallest absolute Gasteiger partial charge is 0.219 e. The van der Waals surface area contributed by atoms with Gasteiger partial charge in [-0.15, -0.1) is 5.10 Å². The Bertz CT molecular complexity index is 380. The minimum absolute atomic E-state index is 0.0599. The molecule has 6 heteroatoms. The van der Waals surface area contributed by atoms with Gasteiger partial charge < -0.3 is 10.6 Å². The van der Waals surface area contributed by atoms with Gasteiger partial charge in [0.25, 0.3) is 0 Å². The Morgan fingerprint density at radius 1 is 1.44 bits per heavy atom. The lowest BCUT2D eigenvalue weighted by molar-refractivity contribution is -0.120. The Hall–Kier alpha value is -1.43. The monoisotopic (exact) mass is 253 g/mol. The fourth-order valence-electron chi connectivity index (χ4n) is 1.41. The van der Waals surface area contributed by atoms with Crippen LogP contribution in [0.5, 0.6) is 0 Å². The van der Waals surface area contributed by atoms with Crippen LogP contribution in [0.2, 0.25) is 0 Å². The molecule has 0 unspecified atom stereocenters.